The van der Waals surface area contributed by atoms with Crippen molar-refractivity contribution in [2.24, 2.45) is 0 Å². The molecular formula is C15H16O2. The quantitative estimate of drug-likeness (QED) is 0.335. The van der Waals surface area contributed by atoms with Crippen molar-refractivity contribution in [1.29, 1.82) is 0 Å². The molecule has 0 atom stereocenters. The lowest BCUT2D eigenvalue weighted by Crippen LogP contribution is -2.09. The van der Waals surface area contributed by atoms with E-state index in [1.54, 1.807) is 12.2 Å². The molecule has 2 nitrogen and oxygen atoms in total. The van der Waals surface area contributed by atoms with Gasteiger partial charge >= 0.3 is 5.97 Å². The lowest BCUT2D eigenvalue weighted by molar-refractivity contribution is -0.137. The fourth-order valence-electron chi connectivity index (χ4n) is 1.38. The first-order chi connectivity index (χ1) is 8.27. The van der Waals surface area contributed by atoms with Crippen molar-refractivity contribution in [2.45, 2.75) is 13.3 Å². The van der Waals surface area contributed by atoms with E-state index in [1.807, 2.05) is 37.3 Å². The van der Waals surface area contributed by atoms with Crippen molar-refractivity contribution in [3.8, 4) is 0 Å². The standard InChI is InChI=1S/C15H16O2/c1-3-8-14(15(16)17-11-4-2)12-13-9-6-5-7-10-13/h3-7,9-10H,2,11-12H2,1H3. The zero-order chi connectivity index (χ0) is 12.5. The van der Waals surface area contributed by atoms with Crippen LogP contribution < -0.4 is 0 Å². The minimum Gasteiger partial charge on any atom is -0.458 e. The van der Waals surface area contributed by atoms with E-state index in [0.29, 0.717) is 12.0 Å². The fraction of sp³-hybridized carbons (Fsp3) is 0.200. The van der Waals surface area contributed by atoms with Gasteiger partial charge in [0.05, 0.1) is 5.57 Å². The second-order valence-electron chi connectivity index (χ2n) is 3.46. The van der Waals surface area contributed by atoms with Gasteiger partial charge in [-0.3, -0.25) is 0 Å². The van der Waals surface area contributed by atoms with Gasteiger partial charge < -0.3 is 4.74 Å². The van der Waals surface area contributed by atoms with Crippen LogP contribution in [0.25, 0.3) is 0 Å². The number of hydrogen-bond donors (Lipinski definition) is 0. The molecular weight excluding hydrogens is 212 g/mol. The Morgan fingerprint density at radius 3 is 2.71 bits per heavy atom. The van der Waals surface area contributed by atoms with Crippen LogP contribution in [0.4, 0.5) is 0 Å². The Hall–Kier alpha value is -2.05. The van der Waals surface area contributed by atoms with Gasteiger partial charge in [0.25, 0.3) is 0 Å². The summed E-state index contributed by atoms with van der Waals surface area (Å²) < 4.78 is 5.00. The summed E-state index contributed by atoms with van der Waals surface area (Å²) in [6.45, 7) is 5.56. The second kappa shape index (κ2) is 7.26. The van der Waals surface area contributed by atoms with Crippen LogP contribution in [-0.4, -0.2) is 12.6 Å². The highest BCUT2D eigenvalue weighted by molar-refractivity contribution is 5.88. The van der Waals surface area contributed by atoms with Crippen molar-refractivity contribution >= 4 is 5.97 Å². The van der Waals surface area contributed by atoms with Gasteiger partial charge in [-0.25, -0.2) is 4.79 Å². The molecule has 1 aromatic rings. The highest BCUT2D eigenvalue weighted by Gasteiger charge is 2.10. The molecule has 0 radical (unpaired) electrons. The maximum absolute atomic E-state index is 11.7. The molecule has 0 saturated carbocycles. The Kier molecular flexibility index (Phi) is 5.56. The second-order valence-corrected chi connectivity index (χ2v) is 3.46. The minimum absolute atomic E-state index is 0.225. The van der Waals surface area contributed by atoms with Gasteiger partial charge in [-0.2, -0.15) is 0 Å². The maximum Gasteiger partial charge on any atom is 0.342 e. The molecule has 0 heterocycles. The summed E-state index contributed by atoms with van der Waals surface area (Å²) in [6.07, 6.45) is 3.79. The largest absolute Gasteiger partial charge is 0.458 e. The minimum atomic E-state index is -0.341. The Balaban J connectivity index is 2.78. The summed E-state index contributed by atoms with van der Waals surface area (Å²) in [5.41, 5.74) is 4.51. The predicted molar refractivity (Wildman–Crippen MR) is 68.6 cm³/mol. The van der Waals surface area contributed by atoms with Gasteiger partial charge in [-0.1, -0.05) is 43.0 Å². The number of carbonyl (C=O) groups excluding carboxylic acids is 1. The summed E-state index contributed by atoms with van der Waals surface area (Å²) in [7, 11) is 0. The Labute approximate surface area is 102 Å². The predicted octanol–water partition coefficient (Wildman–Crippen LogP) is 3.06. The van der Waals surface area contributed by atoms with Crippen LogP contribution in [0.1, 0.15) is 12.5 Å². The van der Waals surface area contributed by atoms with E-state index >= 15 is 0 Å². The molecule has 0 fully saturated rings. The van der Waals surface area contributed by atoms with Crippen LogP contribution >= 0.6 is 0 Å². The number of ether oxygens (including phenoxy) is 1. The topological polar surface area (TPSA) is 26.3 Å². The zero-order valence-electron chi connectivity index (χ0n) is 9.98. The van der Waals surface area contributed by atoms with Crippen LogP contribution in [0.5, 0.6) is 0 Å². The van der Waals surface area contributed by atoms with Crippen LogP contribution in [0.2, 0.25) is 0 Å². The molecule has 0 aliphatic heterocycles. The summed E-state index contributed by atoms with van der Waals surface area (Å²) in [6, 6.07) is 9.77. The van der Waals surface area contributed by atoms with E-state index < -0.39 is 0 Å². The average Bonchev–Trinajstić information content (AvgIpc) is 2.36. The van der Waals surface area contributed by atoms with Crippen molar-refractivity contribution in [3.05, 3.63) is 65.9 Å². The third-order valence-corrected chi connectivity index (χ3v) is 2.12. The molecule has 1 rings (SSSR count). The summed E-state index contributed by atoms with van der Waals surface area (Å²) in [5, 5.41) is 0. The van der Waals surface area contributed by atoms with Crippen molar-refractivity contribution in [3.63, 3.8) is 0 Å². The highest BCUT2D eigenvalue weighted by Crippen LogP contribution is 2.08. The lowest BCUT2D eigenvalue weighted by atomic mass is 10.1. The van der Waals surface area contributed by atoms with E-state index in [1.165, 1.54) is 0 Å². The number of benzene rings is 1. The van der Waals surface area contributed by atoms with E-state index in [9.17, 15) is 4.79 Å². The van der Waals surface area contributed by atoms with Crippen LogP contribution in [0.15, 0.2) is 60.4 Å². The monoisotopic (exact) mass is 228 g/mol. The SMILES string of the molecule is C=CCOC(=O)C(=C=CC)Cc1ccccc1. The molecule has 0 aromatic heterocycles. The molecule has 0 N–H and O–H groups in total. The Bertz CT molecular complexity index is 437. The zero-order valence-corrected chi connectivity index (χ0v) is 9.98. The summed E-state index contributed by atoms with van der Waals surface area (Å²) in [4.78, 5) is 11.7. The number of esters is 1. The fourth-order valence-corrected chi connectivity index (χ4v) is 1.38. The van der Waals surface area contributed by atoms with Gasteiger partial charge in [-0.15, -0.1) is 5.73 Å². The van der Waals surface area contributed by atoms with Crippen LogP contribution in [0.3, 0.4) is 0 Å². The number of rotatable bonds is 5. The molecule has 1 aromatic carbocycles. The highest BCUT2D eigenvalue weighted by atomic mass is 16.5. The summed E-state index contributed by atoms with van der Waals surface area (Å²) in [5.74, 6) is -0.341. The number of carbonyl (C=O) groups is 1. The molecule has 0 aliphatic rings. The maximum atomic E-state index is 11.7. The average molecular weight is 228 g/mol. The van der Waals surface area contributed by atoms with Gasteiger partial charge in [0.15, 0.2) is 0 Å². The molecule has 17 heavy (non-hydrogen) atoms. The first-order valence-electron chi connectivity index (χ1n) is 5.50. The smallest absolute Gasteiger partial charge is 0.342 e. The van der Waals surface area contributed by atoms with Crippen LogP contribution in [-0.2, 0) is 16.0 Å². The normalized spacial score (nSPS) is 9.00. The van der Waals surface area contributed by atoms with Crippen molar-refractivity contribution in [1.82, 2.24) is 0 Å². The molecule has 0 unspecified atom stereocenters. The Morgan fingerprint density at radius 2 is 2.12 bits per heavy atom. The van der Waals surface area contributed by atoms with E-state index in [4.69, 9.17) is 4.74 Å². The first kappa shape index (κ1) is 13.0. The molecule has 2 heteroatoms. The van der Waals surface area contributed by atoms with Gasteiger partial charge in [0.1, 0.15) is 6.61 Å². The van der Waals surface area contributed by atoms with Crippen LogP contribution in [0, 0.1) is 0 Å². The van der Waals surface area contributed by atoms with Gasteiger partial charge in [0.2, 0.25) is 0 Å². The molecule has 0 amide bonds. The molecule has 88 valence electrons. The molecule has 0 bridgehead atoms. The van der Waals surface area contributed by atoms with Crippen molar-refractivity contribution in [2.75, 3.05) is 6.61 Å². The van der Waals surface area contributed by atoms with Gasteiger partial charge in [0, 0.05) is 6.42 Å². The van der Waals surface area contributed by atoms with E-state index in [0.717, 1.165) is 5.56 Å². The lowest BCUT2D eigenvalue weighted by Gasteiger charge is -2.04. The third kappa shape index (κ3) is 4.54. The Morgan fingerprint density at radius 1 is 1.41 bits per heavy atom. The van der Waals surface area contributed by atoms with Crippen molar-refractivity contribution < 1.29 is 9.53 Å². The number of hydrogen-bond acceptors (Lipinski definition) is 2. The summed E-state index contributed by atoms with van der Waals surface area (Å²) >= 11 is 0. The van der Waals surface area contributed by atoms with E-state index in [2.05, 4.69) is 12.3 Å². The molecule has 0 aliphatic carbocycles. The third-order valence-electron chi connectivity index (χ3n) is 2.12. The molecule has 0 spiro atoms. The first-order valence-corrected chi connectivity index (χ1v) is 5.50. The van der Waals surface area contributed by atoms with Gasteiger partial charge in [-0.05, 0) is 18.6 Å². The van der Waals surface area contributed by atoms with E-state index in [-0.39, 0.29) is 12.6 Å². The molecule has 0 saturated heterocycles.